The largest absolute Gasteiger partial charge is 0.504 e. The lowest BCUT2D eigenvalue weighted by molar-refractivity contribution is 0.00498. The standard InChI is InChI=1S/C49H57N3O7/c50-47-23-34-11-10-31(6-4-17-53)5-3-8-41-24-40(55)15-13-33-22-46(45(56)21-36(33)27-54)59-28-37-20-39(19-35-25-52(26-42(35)37)48(51-47)43(34)30-58-41)49-16-18-57-29-38(49)14-12-32-7-1-2-9-44(32)49/h1-2,7,9,19-23,25-26,31,38,40-41,47,51,53-56H,3-6,8,12-18,24,27-30,50H2/t31-,38+,40+,41-,47?,49+/m0/s1. The van der Waals surface area contributed by atoms with E-state index in [9.17, 15) is 20.4 Å². The van der Waals surface area contributed by atoms with E-state index in [-0.39, 0.29) is 49.6 Å². The van der Waals surface area contributed by atoms with Crippen molar-refractivity contribution in [3.05, 3.63) is 112 Å². The Morgan fingerprint density at radius 3 is 2.73 bits per heavy atom. The number of aromatic nitrogens is 1. The van der Waals surface area contributed by atoms with E-state index in [1.165, 1.54) is 16.7 Å². The molecule has 9 rings (SSSR count). The summed E-state index contributed by atoms with van der Waals surface area (Å²) >= 11 is 0. The van der Waals surface area contributed by atoms with E-state index in [2.05, 4.69) is 70.5 Å². The van der Waals surface area contributed by atoms with Gasteiger partial charge in [0.25, 0.3) is 0 Å². The number of benzene rings is 3. The summed E-state index contributed by atoms with van der Waals surface area (Å²) in [6.45, 7) is 1.74. The molecule has 5 aliphatic rings. The third kappa shape index (κ3) is 7.93. The number of fused-ring (bicyclic) bond motifs is 9. The number of hydrogen-bond donors (Lipinski definition) is 6. The summed E-state index contributed by atoms with van der Waals surface area (Å²) in [4.78, 5) is 0. The molecular weight excluding hydrogens is 743 g/mol. The van der Waals surface area contributed by atoms with Crippen LogP contribution < -0.4 is 15.8 Å². The number of rotatable bonds is 5. The lowest BCUT2D eigenvalue weighted by atomic mass is 9.57. The van der Waals surface area contributed by atoms with Gasteiger partial charge in [-0.1, -0.05) is 42.2 Å². The van der Waals surface area contributed by atoms with E-state index in [4.69, 9.17) is 19.9 Å². The van der Waals surface area contributed by atoms with Crippen LogP contribution in [-0.2, 0) is 40.9 Å². The molecule has 6 atom stereocenters. The first-order valence-corrected chi connectivity index (χ1v) is 21.6. The summed E-state index contributed by atoms with van der Waals surface area (Å²) in [6.07, 6.45) is 13.2. The van der Waals surface area contributed by atoms with Crippen molar-refractivity contribution in [2.24, 2.45) is 17.6 Å². The minimum absolute atomic E-state index is 0.0334. The number of nitrogens with two attached hydrogens (primary N) is 1. The Morgan fingerprint density at radius 2 is 1.85 bits per heavy atom. The fraction of sp³-hybridized carbons (Fsp3) is 0.469. The van der Waals surface area contributed by atoms with Crippen molar-refractivity contribution < 1.29 is 34.6 Å². The summed E-state index contributed by atoms with van der Waals surface area (Å²) in [7, 11) is 0. The zero-order valence-electron chi connectivity index (χ0n) is 33.8. The predicted molar refractivity (Wildman–Crippen MR) is 227 cm³/mol. The number of dihydropyridines is 1. The van der Waals surface area contributed by atoms with E-state index in [1.54, 1.807) is 6.07 Å². The number of phenolic OH excluding ortho intramolecular Hbond substituents is 1. The fourth-order valence-corrected chi connectivity index (χ4v) is 10.5. The highest BCUT2D eigenvalue weighted by Gasteiger charge is 2.47. The molecule has 1 aliphatic carbocycles. The van der Waals surface area contributed by atoms with Gasteiger partial charge in [0.2, 0.25) is 0 Å². The molecule has 4 aliphatic heterocycles. The first-order chi connectivity index (χ1) is 28.8. The van der Waals surface area contributed by atoms with Crippen LogP contribution in [0.15, 0.2) is 78.1 Å². The van der Waals surface area contributed by atoms with Gasteiger partial charge in [0, 0.05) is 58.9 Å². The predicted octanol–water partition coefficient (Wildman–Crippen LogP) is 6.33. The molecule has 0 radical (unpaired) electrons. The number of aliphatic hydroxyl groups is 3. The Kier molecular flexibility index (Phi) is 11.6. The Balaban J connectivity index is 1.24. The number of ether oxygens (including phenoxy) is 3. The second kappa shape index (κ2) is 17.2. The average Bonchev–Trinajstić information content (AvgIpc) is 3.68. The maximum absolute atomic E-state index is 11.5. The van der Waals surface area contributed by atoms with E-state index >= 15 is 0 Å². The minimum atomic E-state index is -0.655. The molecule has 7 N–H and O–H groups in total. The molecule has 10 heteroatoms. The van der Waals surface area contributed by atoms with Gasteiger partial charge in [-0.15, -0.1) is 0 Å². The Bertz CT molecular complexity index is 2320. The summed E-state index contributed by atoms with van der Waals surface area (Å²) < 4.78 is 21.6. The maximum atomic E-state index is 11.5. The number of hydrogen-bond acceptors (Lipinski definition) is 9. The molecular formula is C49H57N3O7. The SMILES string of the molecule is NC1C=C2C#C[C@H](CCCO)CCC[C@H]3C[C@H](O)CCc4cc(c(O)cc4CO)OCc4cc([C@@]56CCOC[C@H]5CCc5ccccc56)cc5cn(cc45)C(=C2CO3)N1. The molecule has 1 unspecified atom stereocenters. The number of phenols is 1. The van der Waals surface area contributed by atoms with Gasteiger partial charge in [-0.2, -0.15) is 0 Å². The Hall–Kier alpha value is -4.60. The van der Waals surface area contributed by atoms with Crippen molar-refractivity contribution in [3.8, 4) is 23.3 Å². The highest BCUT2D eigenvalue weighted by molar-refractivity contribution is 5.88. The molecule has 0 spiro atoms. The number of aliphatic hydroxyl groups excluding tert-OH is 3. The van der Waals surface area contributed by atoms with Crippen molar-refractivity contribution in [2.75, 3.05) is 26.4 Å². The number of aromatic hydroxyl groups is 1. The van der Waals surface area contributed by atoms with Crippen molar-refractivity contribution >= 4 is 16.6 Å². The second-order valence-corrected chi connectivity index (χ2v) is 17.2. The summed E-state index contributed by atoms with van der Waals surface area (Å²) in [5.74, 6) is 8.59. The van der Waals surface area contributed by atoms with Crippen molar-refractivity contribution in [1.29, 1.82) is 0 Å². The van der Waals surface area contributed by atoms with Crippen LogP contribution in [0.2, 0.25) is 0 Å². The molecule has 0 amide bonds. The Labute approximate surface area is 346 Å². The average molecular weight is 800 g/mol. The Morgan fingerprint density at radius 1 is 0.966 bits per heavy atom. The molecule has 10 nitrogen and oxygen atoms in total. The topological polar surface area (TPSA) is 152 Å². The normalized spacial score (nSPS) is 27.2. The van der Waals surface area contributed by atoms with E-state index in [0.29, 0.717) is 56.1 Å². The van der Waals surface area contributed by atoms with Gasteiger partial charge in [0.15, 0.2) is 11.5 Å². The molecule has 1 fully saturated rings. The van der Waals surface area contributed by atoms with Crippen molar-refractivity contribution in [2.45, 2.75) is 108 Å². The van der Waals surface area contributed by atoms with Gasteiger partial charge in [-0.25, -0.2) is 0 Å². The van der Waals surface area contributed by atoms with Gasteiger partial charge >= 0.3 is 0 Å². The lowest BCUT2D eigenvalue weighted by Gasteiger charge is -2.49. The van der Waals surface area contributed by atoms with Crippen LogP contribution in [0.4, 0.5) is 0 Å². The molecule has 1 aromatic heterocycles. The molecule has 59 heavy (non-hydrogen) atoms. The van der Waals surface area contributed by atoms with Crippen molar-refractivity contribution in [1.82, 2.24) is 9.88 Å². The van der Waals surface area contributed by atoms with Crippen molar-refractivity contribution in [3.63, 3.8) is 0 Å². The third-order valence-electron chi connectivity index (χ3n) is 13.6. The quantitative estimate of drug-likeness (QED) is 0.127. The summed E-state index contributed by atoms with van der Waals surface area (Å²) in [5.41, 5.74) is 14.6. The van der Waals surface area contributed by atoms with Gasteiger partial charge < -0.3 is 50.3 Å². The fourth-order valence-electron chi connectivity index (χ4n) is 10.5. The molecule has 3 aromatic carbocycles. The zero-order chi connectivity index (χ0) is 40.5. The number of nitrogens with one attached hydrogen (secondary N) is 1. The molecule has 1 saturated heterocycles. The highest BCUT2D eigenvalue weighted by Crippen LogP contribution is 2.52. The molecule has 310 valence electrons. The summed E-state index contributed by atoms with van der Waals surface area (Å²) in [5, 5.41) is 48.3. The van der Waals surface area contributed by atoms with Gasteiger partial charge in [0.1, 0.15) is 12.4 Å². The molecule has 4 aromatic rings. The van der Waals surface area contributed by atoms with Gasteiger partial charge in [-0.05, 0) is 134 Å². The van der Waals surface area contributed by atoms with Crippen LogP contribution in [0.3, 0.4) is 0 Å². The van der Waals surface area contributed by atoms with Crippen LogP contribution in [0, 0.1) is 23.7 Å². The number of aryl methyl sites for hydroxylation is 2. The maximum Gasteiger partial charge on any atom is 0.161 e. The van der Waals surface area contributed by atoms with E-state index in [0.717, 1.165) is 83.8 Å². The molecule has 0 saturated carbocycles. The lowest BCUT2D eigenvalue weighted by Crippen LogP contribution is -2.47. The van der Waals surface area contributed by atoms with E-state index in [1.807, 2.05) is 12.1 Å². The molecule has 5 heterocycles. The molecule has 6 bridgehead atoms. The minimum Gasteiger partial charge on any atom is -0.504 e. The van der Waals surface area contributed by atoms with Gasteiger partial charge in [-0.3, -0.25) is 0 Å². The van der Waals surface area contributed by atoms with Crippen LogP contribution in [-0.4, -0.2) is 69.8 Å². The third-order valence-corrected chi connectivity index (χ3v) is 13.6. The first kappa shape index (κ1) is 39.8. The number of nitrogens with zero attached hydrogens (tertiary/aromatic N) is 1. The smallest absolute Gasteiger partial charge is 0.161 e. The van der Waals surface area contributed by atoms with Crippen LogP contribution in [0.5, 0.6) is 11.5 Å². The second-order valence-electron chi connectivity index (χ2n) is 17.2. The van der Waals surface area contributed by atoms with Gasteiger partial charge in [0.05, 0.1) is 38.2 Å². The highest BCUT2D eigenvalue weighted by atomic mass is 16.5. The van der Waals surface area contributed by atoms with Crippen LogP contribution in [0.1, 0.15) is 91.2 Å². The van der Waals surface area contributed by atoms with E-state index < -0.39 is 12.3 Å². The summed E-state index contributed by atoms with van der Waals surface area (Å²) in [6, 6.07) is 17.0. The zero-order valence-corrected chi connectivity index (χ0v) is 33.8. The first-order valence-electron chi connectivity index (χ1n) is 21.6. The monoisotopic (exact) mass is 799 g/mol. The van der Waals surface area contributed by atoms with Crippen LogP contribution in [0.25, 0.3) is 16.6 Å². The van der Waals surface area contributed by atoms with Crippen LogP contribution >= 0.6 is 0 Å².